The van der Waals surface area contributed by atoms with Gasteiger partial charge < -0.3 is 79.6 Å². The maximum Gasteiger partial charge on any atom is 0.737 e. The number of carboxylic acid groups (broad SMARTS) is 4. The molecule has 0 aliphatic carbocycles. The van der Waals surface area contributed by atoms with Gasteiger partial charge in [0.1, 0.15) is 29.6 Å². The molecule has 0 spiro atoms. The molecule has 0 saturated heterocycles. The van der Waals surface area contributed by atoms with Crippen molar-refractivity contribution in [2.24, 2.45) is 0 Å². The Bertz CT molecular complexity index is 2800. The first-order valence-corrected chi connectivity index (χ1v) is 27.2. The van der Waals surface area contributed by atoms with Crippen LogP contribution in [-0.2, 0) is 38.4 Å². The number of fused-ring (bicyclic) bond motifs is 2. The highest BCUT2D eigenvalue weighted by Gasteiger charge is 2.52. The van der Waals surface area contributed by atoms with Crippen LogP contribution in [0.1, 0.15) is 138 Å². The van der Waals surface area contributed by atoms with E-state index in [1.54, 1.807) is 85.1 Å². The Kier molecular flexibility index (Phi) is 25.4. The molecule has 4 heterocycles. The van der Waals surface area contributed by atoms with Crippen LogP contribution in [0.25, 0.3) is 18.2 Å². The maximum absolute atomic E-state index is 16.1. The van der Waals surface area contributed by atoms with Crippen molar-refractivity contribution < 1.29 is 81.4 Å². The number of allylic oxidation sites excluding steroid dienone is 2. The average Bonchev–Trinajstić information content (AvgIpc) is 4.29. The highest BCUT2D eigenvalue weighted by atomic mass is 19.2. The smallest absolute Gasteiger partial charge is 0.484 e. The number of unbranched alkanes of at least 4 members (excludes halogenated alkanes) is 7. The van der Waals surface area contributed by atoms with Crippen molar-refractivity contribution in [2.75, 3.05) is 26.2 Å². The average molecular weight is 1130 g/mol. The zero-order valence-corrected chi connectivity index (χ0v) is 45.0. The number of aromatic amines is 1. The van der Waals surface area contributed by atoms with E-state index in [1.165, 1.54) is 0 Å². The van der Waals surface area contributed by atoms with Gasteiger partial charge in [-0.2, -0.15) is 0 Å². The molecule has 23 nitrogen and oxygen atoms in total. The van der Waals surface area contributed by atoms with Crippen LogP contribution in [0.4, 0.5) is 13.4 Å². The van der Waals surface area contributed by atoms with E-state index in [1.807, 2.05) is 0 Å². The van der Waals surface area contributed by atoms with E-state index in [2.05, 4.69) is 36.9 Å². The third kappa shape index (κ3) is 21.2. The molecular formula is C55H72BF2N9O14. The Morgan fingerprint density at radius 3 is 1.70 bits per heavy atom. The van der Waals surface area contributed by atoms with Crippen LogP contribution in [0.15, 0.2) is 72.6 Å². The molecule has 81 heavy (non-hydrogen) atoms. The number of rotatable bonds is 38. The standard InChI is InChI=1S/C55H72BF2N9O14/c57-56(58)66-38(23-24-39(66)35-40-25-29-46(67(40)56)42-15-12-34-59-42)22-19-37-20-26-41(27-21-37)81-36-50(71)62-31-9-3-6-17-48(69)61-32-10-7-13-43(52(74)75)63-49(70)18-5-2-1-4-16-47(68)60-33-11-8-14-44(53(76)77)64-55(80)65-45(54(78)79)28-30-51(72)73/h12,15,19-27,29,34-35,43-45,59H,1-11,13-14,16-18,28,30-33,36H2,(H,60,68)(H,61,69)(H,62,71)(H,63,70)(H,72,73)(H,74,75)(H,76,77)(H,78,79)(H2,64,65,80). The predicted molar refractivity (Wildman–Crippen MR) is 295 cm³/mol. The number of nitrogens with one attached hydrogen (secondary N) is 7. The topological polar surface area (TPSA) is 340 Å². The Labute approximate surface area is 466 Å². The number of benzene rings is 1. The summed E-state index contributed by atoms with van der Waals surface area (Å²) >= 11 is 0. The lowest BCUT2D eigenvalue weighted by atomic mass is 9.90. The van der Waals surface area contributed by atoms with Crippen LogP contribution < -0.4 is 36.6 Å². The van der Waals surface area contributed by atoms with Gasteiger partial charge in [-0.15, -0.1) is 0 Å². The normalized spacial score (nSPS) is 14.2. The minimum absolute atomic E-state index is 0.00545. The third-order valence-electron chi connectivity index (χ3n) is 13.3. The van der Waals surface area contributed by atoms with Gasteiger partial charge in [0, 0.05) is 81.1 Å². The summed E-state index contributed by atoms with van der Waals surface area (Å²) in [4.78, 5) is 110. The van der Waals surface area contributed by atoms with E-state index in [0.717, 1.165) is 14.5 Å². The molecule has 3 unspecified atom stereocenters. The van der Waals surface area contributed by atoms with Crippen molar-refractivity contribution in [3.8, 4) is 5.75 Å². The van der Waals surface area contributed by atoms with Crippen LogP contribution >= 0.6 is 0 Å². The van der Waals surface area contributed by atoms with Crippen molar-refractivity contribution in [1.29, 1.82) is 0 Å². The minimum atomic E-state index is -4.18. The molecule has 5 rings (SSSR count). The van der Waals surface area contributed by atoms with Crippen LogP contribution in [-0.4, -0.2) is 145 Å². The second-order valence-corrected chi connectivity index (χ2v) is 19.6. The molecule has 3 aromatic rings. The molecule has 0 radical (unpaired) electrons. The number of nitrogens with zero attached hydrogens (tertiary/aromatic N) is 2. The molecule has 6 amide bonds. The van der Waals surface area contributed by atoms with Crippen molar-refractivity contribution in [1.82, 2.24) is 41.4 Å². The maximum atomic E-state index is 16.1. The quantitative estimate of drug-likeness (QED) is 0.0258. The number of aromatic nitrogens is 2. The van der Waals surface area contributed by atoms with Gasteiger partial charge in [-0.25, -0.2) is 19.2 Å². The zero-order valence-electron chi connectivity index (χ0n) is 45.0. The summed E-state index contributed by atoms with van der Waals surface area (Å²) < 4.78 is 40.0. The second-order valence-electron chi connectivity index (χ2n) is 19.6. The van der Waals surface area contributed by atoms with Gasteiger partial charge in [0.05, 0.1) is 0 Å². The van der Waals surface area contributed by atoms with E-state index >= 15 is 8.63 Å². The monoisotopic (exact) mass is 1130 g/mol. The Balaban J connectivity index is 0.829. The first-order valence-electron chi connectivity index (χ1n) is 27.2. The van der Waals surface area contributed by atoms with Gasteiger partial charge in [-0.05, 0) is 119 Å². The fourth-order valence-electron chi connectivity index (χ4n) is 9.04. The van der Waals surface area contributed by atoms with Gasteiger partial charge in [0.15, 0.2) is 18.0 Å². The first-order chi connectivity index (χ1) is 38.8. The van der Waals surface area contributed by atoms with Gasteiger partial charge >= 0.3 is 36.9 Å². The lowest BCUT2D eigenvalue weighted by Gasteiger charge is -2.30. The van der Waals surface area contributed by atoms with E-state index < -0.39 is 67.3 Å². The fourth-order valence-corrected chi connectivity index (χ4v) is 9.04. The summed E-state index contributed by atoms with van der Waals surface area (Å²) in [5.74, 6) is -5.83. The molecule has 438 valence electrons. The SMILES string of the molecule is O=C(O)CCC(NC(=O)NC(CCCCNC(=O)CCCCCCC(=O)NC(CCCCNC(=O)CCCCCNC(=O)COc1ccc(C=Cc2ccc3n2[B-](F)(F)[N+]2=C(c4ccc[nH]4)C=CC2=C3)cc1)C(=O)O)C(=O)O)C(=O)O. The summed E-state index contributed by atoms with van der Waals surface area (Å²) in [6.07, 6.45) is 16.1. The number of hydrogen-bond acceptors (Lipinski definition) is 10. The molecule has 11 N–H and O–H groups in total. The molecule has 26 heteroatoms. The molecule has 2 aromatic heterocycles. The lowest BCUT2D eigenvalue weighted by molar-refractivity contribution is -0.360. The molecule has 2 aliphatic heterocycles. The second kappa shape index (κ2) is 32.5. The van der Waals surface area contributed by atoms with E-state index in [0.29, 0.717) is 124 Å². The van der Waals surface area contributed by atoms with E-state index in [9.17, 15) is 58.5 Å². The van der Waals surface area contributed by atoms with Gasteiger partial charge in [-0.1, -0.05) is 37.5 Å². The summed E-state index contributed by atoms with van der Waals surface area (Å²) in [5, 5.41) is 52.1. The fraction of sp³-hybridized carbons (Fsp3) is 0.455. The minimum Gasteiger partial charge on any atom is -0.484 e. The van der Waals surface area contributed by atoms with Crippen LogP contribution in [0.2, 0.25) is 0 Å². The van der Waals surface area contributed by atoms with E-state index in [4.69, 9.17) is 9.84 Å². The van der Waals surface area contributed by atoms with Crippen LogP contribution in [0, 0.1) is 0 Å². The van der Waals surface area contributed by atoms with Crippen molar-refractivity contribution in [2.45, 2.75) is 134 Å². The van der Waals surface area contributed by atoms with Crippen molar-refractivity contribution in [3.63, 3.8) is 0 Å². The van der Waals surface area contributed by atoms with Crippen LogP contribution in [0.5, 0.6) is 5.75 Å². The number of carboxylic acids is 4. The third-order valence-corrected chi connectivity index (χ3v) is 13.3. The van der Waals surface area contributed by atoms with Gasteiger partial charge in [-0.3, -0.25) is 24.0 Å². The van der Waals surface area contributed by atoms with Crippen LogP contribution in [0.3, 0.4) is 0 Å². The molecule has 2 aliphatic rings. The number of ether oxygens (including phenoxy) is 1. The van der Waals surface area contributed by atoms with Gasteiger partial charge in [0.25, 0.3) is 5.91 Å². The molecule has 0 fully saturated rings. The zero-order chi connectivity index (χ0) is 58.7. The largest absolute Gasteiger partial charge is 0.737 e. The number of carbonyl (C=O) groups is 9. The number of carbonyl (C=O) groups excluding carboxylic acids is 5. The number of halogens is 2. The summed E-state index contributed by atoms with van der Waals surface area (Å²) in [7, 11) is 0. The van der Waals surface area contributed by atoms with E-state index in [-0.39, 0.29) is 63.0 Å². The Morgan fingerprint density at radius 1 is 0.593 bits per heavy atom. The number of H-pyrrole nitrogens is 1. The summed E-state index contributed by atoms with van der Waals surface area (Å²) in [5.41, 5.74) is 2.93. The molecule has 1 aromatic carbocycles. The first kappa shape index (κ1) is 63.3. The highest BCUT2D eigenvalue weighted by Crippen LogP contribution is 2.34. The molecule has 3 atom stereocenters. The number of amides is 6. The molecular weight excluding hydrogens is 1060 g/mol. The summed E-state index contributed by atoms with van der Waals surface area (Å²) in [6.45, 7) is -3.38. The van der Waals surface area contributed by atoms with Crippen molar-refractivity contribution >= 4 is 84.4 Å². The molecule has 0 saturated carbocycles. The molecule has 0 bridgehead atoms. The van der Waals surface area contributed by atoms with Gasteiger partial charge in [0.2, 0.25) is 17.7 Å². The van der Waals surface area contributed by atoms with Crippen molar-refractivity contribution in [3.05, 3.63) is 95.2 Å². The number of hydrogen-bond donors (Lipinski definition) is 11. The highest BCUT2D eigenvalue weighted by molar-refractivity contribution is 6.58. The predicted octanol–water partition coefficient (Wildman–Crippen LogP) is 5.24. The number of aliphatic carboxylic acids is 4. The number of urea groups is 1. The lowest BCUT2D eigenvalue weighted by Crippen LogP contribution is -2.51. The Morgan fingerprint density at radius 2 is 1.14 bits per heavy atom. The Hall–Kier alpha value is -8.58. The summed E-state index contributed by atoms with van der Waals surface area (Å²) in [6, 6.07) is 8.78.